The third-order valence-electron chi connectivity index (χ3n) is 2.16. The molecule has 0 aliphatic carbocycles. The van der Waals surface area contributed by atoms with Crippen LogP contribution < -0.4 is 11.5 Å². The second-order valence-corrected chi connectivity index (χ2v) is 4.31. The fourth-order valence-electron chi connectivity index (χ4n) is 1.37. The monoisotopic (exact) mass is 281 g/mol. The van der Waals surface area contributed by atoms with Crippen molar-refractivity contribution in [3.05, 3.63) is 39.5 Å². The molecule has 19 heavy (non-hydrogen) atoms. The Morgan fingerprint density at radius 3 is 2.79 bits per heavy atom. The SMILES string of the molecule is NC(N)=Nc1nc(-c2ccc([N+](=O)[O-])c(F)c2)cs1. The highest BCUT2D eigenvalue weighted by molar-refractivity contribution is 7.13. The molecule has 9 heteroatoms. The van der Waals surface area contributed by atoms with Crippen molar-refractivity contribution in [3.8, 4) is 11.3 Å². The van der Waals surface area contributed by atoms with E-state index in [0.29, 0.717) is 16.4 Å². The van der Waals surface area contributed by atoms with Gasteiger partial charge in [-0.15, -0.1) is 11.3 Å². The van der Waals surface area contributed by atoms with Crippen molar-refractivity contribution in [2.45, 2.75) is 0 Å². The van der Waals surface area contributed by atoms with Crippen molar-refractivity contribution >= 4 is 28.1 Å². The predicted octanol–water partition coefficient (Wildman–Crippen LogP) is 1.76. The Bertz CT molecular complexity index is 666. The van der Waals surface area contributed by atoms with Gasteiger partial charge in [-0.3, -0.25) is 10.1 Å². The van der Waals surface area contributed by atoms with Crippen molar-refractivity contribution in [1.82, 2.24) is 4.98 Å². The predicted molar refractivity (Wildman–Crippen MR) is 69.6 cm³/mol. The summed E-state index contributed by atoms with van der Waals surface area (Å²) in [6.45, 7) is 0. The van der Waals surface area contributed by atoms with Crippen LogP contribution in [0.2, 0.25) is 0 Å². The molecule has 0 spiro atoms. The lowest BCUT2D eigenvalue weighted by atomic mass is 10.1. The molecule has 0 aliphatic heterocycles. The lowest BCUT2D eigenvalue weighted by molar-refractivity contribution is -0.387. The summed E-state index contributed by atoms with van der Waals surface area (Å²) in [5.74, 6) is -1.05. The van der Waals surface area contributed by atoms with Crippen LogP contribution >= 0.6 is 11.3 Å². The number of halogens is 1. The normalized spacial score (nSPS) is 10.2. The van der Waals surface area contributed by atoms with Gasteiger partial charge in [0.1, 0.15) is 0 Å². The third kappa shape index (κ3) is 2.83. The van der Waals surface area contributed by atoms with Gasteiger partial charge in [-0.2, -0.15) is 9.38 Å². The van der Waals surface area contributed by atoms with Gasteiger partial charge < -0.3 is 11.5 Å². The minimum atomic E-state index is -0.918. The maximum absolute atomic E-state index is 13.5. The Hall–Kier alpha value is -2.55. The number of benzene rings is 1. The van der Waals surface area contributed by atoms with Gasteiger partial charge >= 0.3 is 5.69 Å². The molecule has 0 unspecified atom stereocenters. The number of nitro groups is 1. The third-order valence-corrected chi connectivity index (χ3v) is 2.89. The lowest BCUT2D eigenvalue weighted by Gasteiger charge is -1.97. The Morgan fingerprint density at radius 2 is 2.21 bits per heavy atom. The zero-order chi connectivity index (χ0) is 14.0. The molecule has 1 heterocycles. The number of nitrogens with two attached hydrogens (primary N) is 2. The number of hydrogen-bond donors (Lipinski definition) is 2. The quantitative estimate of drug-likeness (QED) is 0.384. The van der Waals surface area contributed by atoms with Gasteiger partial charge in [0.25, 0.3) is 0 Å². The first-order valence-electron chi connectivity index (χ1n) is 4.97. The van der Waals surface area contributed by atoms with E-state index < -0.39 is 16.4 Å². The van der Waals surface area contributed by atoms with Crippen LogP contribution in [0.5, 0.6) is 0 Å². The molecule has 2 aromatic rings. The largest absolute Gasteiger partial charge is 0.370 e. The Balaban J connectivity index is 2.37. The molecule has 1 aromatic carbocycles. The first-order valence-corrected chi connectivity index (χ1v) is 5.85. The molecule has 0 saturated heterocycles. The minimum Gasteiger partial charge on any atom is -0.370 e. The van der Waals surface area contributed by atoms with Gasteiger partial charge in [0.2, 0.25) is 10.9 Å². The first kappa shape index (κ1) is 12.9. The van der Waals surface area contributed by atoms with Crippen LogP contribution in [0.4, 0.5) is 15.2 Å². The van der Waals surface area contributed by atoms with Crippen molar-refractivity contribution in [2.24, 2.45) is 16.5 Å². The smallest absolute Gasteiger partial charge is 0.304 e. The average Bonchev–Trinajstić information content (AvgIpc) is 2.75. The lowest BCUT2D eigenvalue weighted by Crippen LogP contribution is -2.21. The summed E-state index contributed by atoms with van der Waals surface area (Å²) in [5.41, 5.74) is 10.7. The van der Waals surface area contributed by atoms with Gasteiger partial charge in [0.15, 0.2) is 5.96 Å². The van der Waals surface area contributed by atoms with Crippen LogP contribution in [-0.4, -0.2) is 15.9 Å². The Labute approximate surface area is 110 Å². The highest BCUT2D eigenvalue weighted by Crippen LogP contribution is 2.29. The highest BCUT2D eigenvalue weighted by atomic mass is 32.1. The molecule has 98 valence electrons. The fraction of sp³-hybridized carbons (Fsp3) is 0. The van der Waals surface area contributed by atoms with Gasteiger partial charge in [-0.1, -0.05) is 0 Å². The van der Waals surface area contributed by atoms with E-state index in [0.717, 1.165) is 12.1 Å². The number of guanidine groups is 1. The molecular formula is C10H8FN5O2S. The number of hydrogen-bond acceptors (Lipinski definition) is 5. The summed E-state index contributed by atoms with van der Waals surface area (Å²) in [7, 11) is 0. The molecule has 1 aromatic heterocycles. The van der Waals surface area contributed by atoms with Crippen LogP contribution in [0.25, 0.3) is 11.3 Å². The molecule has 0 amide bonds. The fourth-order valence-corrected chi connectivity index (χ4v) is 2.09. The molecule has 0 radical (unpaired) electrons. The van der Waals surface area contributed by atoms with Crippen LogP contribution in [0.1, 0.15) is 0 Å². The summed E-state index contributed by atoms with van der Waals surface area (Å²) in [4.78, 5) is 17.5. The van der Waals surface area contributed by atoms with Gasteiger partial charge in [-0.25, -0.2) is 4.98 Å². The van der Waals surface area contributed by atoms with Gasteiger partial charge in [0, 0.05) is 17.0 Å². The van der Waals surface area contributed by atoms with E-state index in [9.17, 15) is 14.5 Å². The van der Waals surface area contributed by atoms with Gasteiger partial charge in [-0.05, 0) is 12.1 Å². The number of aliphatic imine (C=N–C) groups is 1. The van der Waals surface area contributed by atoms with Crippen LogP contribution in [-0.2, 0) is 0 Å². The maximum Gasteiger partial charge on any atom is 0.304 e. The molecule has 0 saturated carbocycles. The molecule has 0 atom stereocenters. The number of thiazole rings is 1. The summed E-state index contributed by atoms with van der Waals surface area (Å²) in [6, 6.07) is 3.55. The number of nitrogens with zero attached hydrogens (tertiary/aromatic N) is 3. The standard InChI is InChI=1S/C10H8FN5O2S/c11-6-3-5(1-2-8(6)16(17)18)7-4-19-10(14-7)15-9(12)13/h1-4H,(H4,12,13,14,15). The first-order chi connectivity index (χ1) is 8.97. The van der Waals surface area contributed by atoms with Crippen molar-refractivity contribution < 1.29 is 9.31 Å². The topological polar surface area (TPSA) is 120 Å². The maximum atomic E-state index is 13.5. The molecule has 0 fully saturated rings. The number of aromatic nitrogens is 1. The van der Waals surface area contributed by atoms with E-state index in [1.165, 1.54) is 17.4 Å². The Morgan fingerprint density at radius 1 is 1.47 bits per heavy atom. The molecule has 2 rings (SSSR count). The van der Waals surface area contributed by atoms with E-state index in [1.54, 1.807) is 5.38 Å². The van der Waals surface area contributed by atoms with Crippen LogP contribution in [0.3, 0.4) is 0 Å². The van der Waals surface area contributed by atoms with E-state index in [1.807, 2.05) is 0 Å². The van der Waals surface area contributed by atoms with E-state index in [4.69, 9.17) is 11.5 Å². The molecule has 4 N–H and O–H groups in total. The van der Waals surface area contributed by atoms with E-state index in [-0.39, 0.29) is 5.96 Å². The zero-order valence-electron chi connectivity index (χ0n) is 9.41. The average molecular weight is 281 g/mol. The summed E-state index contributed by atoms with van der Waals surface area (Å²) in [5, 5.41) is 12.5. The second kappa shape index (κ2) is 4.98. The summed E-state index contributed by atoms with van der Waals surface area (Å²) < 4.78 is 13.5. The summed E-state index contributed by atoms with van der Waals surface area (Å²) in [6.07, 6.45) is 0. The molecule has 0 bridgehead atoms. The minimum absolute atomic E-state index is 0.129. The van der Waals surface area contributed by atoms with Crippen LogP contribution in [0, 0.1) is 15.9 Å². The number of rotatable bonds is 3. The van der Waals surface area contributed by atoms with Gasteiger partial charge in [0.05, 0.1) is 10.6 Å². The van der Waals surface area contributed by atoms with Crippen LogP contribution in [0.15, 0.2) is 28.6 Å². The second-order valence-electron chi connectivity index (χ2n) is 3.48. The summed E-state index contributed by atoms with van der Waals surface area (Å²) >= 11 is 1.17. The van der Waals surface area contributed by atoms with E-state index in [2.05, 4.69) is 9.98 Å². The van der Waals surface area contributed by atoms with Crippen molar-refractivity contribution in [2.75, 3.05) is 0 Å². The van der Waals surface area contributed by atoms with Crippen molar-refractivity contribution in [3.63, 3.8) is 0 Å². The highest BCUT2D eigenvalue weighted by Gasteiger charge is 2.15. The Kier molecular flexibility index (Phi) is 3.38. The zero-order valence-corrected chi connectivity index (χ0v) is 10.2. The van der Waals surface area contributed by atoms with E-state index >= 15 is 0 Å². The number of nitro benzene ring substituents is 1. The molecule has 0 aliphatic rings. The molecular weight excluding hydrogens is 273 g/mol. The molecule has 7 nitrogen and oxygen atoms in total. The van der Waals surface area contributed by atoms with Crippen molar-refractivity contribution in [1.29, 1.82) is 0 Å².